The zero-order valence-corrected chi connectivity index (χ0v) is 15.8. The molecule has 0 aromatic heterocycles. The highest BCUT2D eigenvalue weighted by molar-refractivity contribution is 5.82. The Bertz CT molecular complexity index is 639. The molecule has 2 amide bonds. The Balaban J connectivity index is 1.45. The van der Waals surface area contributed by atoms with Gasteiger partial charge >= 0.3 is 0 Å². The van der Waals surface area contributed by atoms with Crippen LogP contribution in [-0.2, 0) is 14.3 Å². The van der Waals surface area contributed by atoms with Gasteiger partial charge in [0, 0.05) is 19.3 Å². The van der Waals surface area contributed by atoms with Crippen LogP contribution in [0.25, 0.3) is 0 Å². The highest BCUT2D eigenvalue weighted by Crippen LogP contribution is 2.21. The van der Waals surface area contributed by atoms with Crippen LogP contribution in [0.4, 0.5) is 0 Å². The van der Waals surface area contributed by atoms with Gasteiger partial charge in [-0.05, 0) is 56.2 Å². The lowest BCUT2D eigenvalue weighted by molar-refractivity contribution is -0.125. The van der Waals surface area contributed by atoms with Gasteiger partial charge in [-0.3, -0.25) is 9.59 Å². The van der Waals surface area contributed by atoms with Gasteiger partial charge < -0.3 is 25.8 Å². The van der Waals surface area contributed by atoms with Crippen molar-refractivity contribution >= 4 is 11.8 Å². The number of hydrogen-bond acceptors (Lipinski definition) is 5. The van der Waals surface area contributed by atoms with Crippen LogP contribution in [0.2, 0.25) is 0 Å². The van der Waals surface area contributed by atoms with E-state index in [2.05, 4.69) is 10.6 Å². The quantitative estimate of drug-likeness (QED) is 0.635. The van der Waals surface area contributed by atoms with Gasteiger partial charge in [-0.1, -0.05) is 12.1 Å². The monoisotopic (exact) mass is 375 g/mol. The molecule has 1 aliphatic heterocycles. The van der Waals surface area contributed by atoms with E-state index in [4.69, 9.17) is 15.2 Å². The Hall–Kier alpha value is -2.12. The minimum Gasteiger partial charge on any atom is -0.484 e. The van der Waals surface area contributed by atoms with Gasteiger partial charge in [0.05, 0.1) is 12.1 Å². The van der Waals surface area contributed by atoms with E-state index in [0.717, 1.165) is 31.2 Å². The normalized spacial score (nSPS) is 19.8. The Kier molecular flexibility index (Phi) is 6.68. The number of carbonyl (C=O) groups excluding carboxylic acids is 2. The molecule has 7 nitrogen and oxygen atoms in total. The maximum absolute atomic E-state index is 12.4. The van der Waals surface area contributed by atoms with Crippen molar-refractivity contribution in [3.05, 3.63) is 29.8 Å². The van der Waals surface area contributed by atoms with Crippen molar-refractivity contribution in [2.75, 3.05) is 19.8 Å². The average Bonchev–Trinajstić information content (AvgIpc) is 3.50. The number of ether oxygens (including phenoxy) is 2. The molecule has 3 rings (SSSR count). The van der Waals surface area contributed by atoms with Crippen LogP contribution in [0, 0.1) is 5.92 Å². The molecule has 1 aliphatic carbocycles. The lowest BCUT2D eigenvalue weighted by Crippen LogP contribution is -2.47. The molecule has 1 aromatic rings. The largest absolute Gasteiger partial charge is 0.484 e. The molecular formula is C20H29N3O4. The second kappa shape index (κ2) is 9.19. The fourth-order valence-corrected chi connectivity index (χ4v) is 3.18. The standard InChI is InChI=1S/C20H29N3O4/c1-13(22-20(25)19(21)15-8-10-26-11-9-15)14-2-6-17(7-3-14)27-12-18(24)23-16-4-5-16/h2-3,6-7,13,15-16,19H,4-5,8-12,21H2,1H3,(H,22,25)(H,23,24). The lowest BCUT2D eigenvalue weighted by atomic mass is 9.91. The van der Waals surface area contributed by atoms with E-state index in [1.165, 1.54) is 0 Å². The van der Waals surface area contributed by atoms with Crippen LogP contribution in [0.1, 0.15) is 44.2 Å². The predicted molar refractivity (Wildman–Crippen MR) is 101 cm³/mol. The van der Waals surface area contributed by atoms with Gasteiger partial charge in [-0.25, -0.2) is 0 Å². The minimum atomic E-state index is -0.510. The molecule has 1 heterocycles. The highest BCUT2D eigenvalue weighted by atomic mass is 16.5. The van der Waals surface area contributed by atoms with Crippen molar-refractivity contribution < 1.29 is 19.1 Å². The second-order valence-corrected chi connectivity index (χ2v) is 7.41. The molecule has 2 fully saturated rings. The maximum Gasteiger partial charge on any atom is 0.258 e. The smallest absolute Gasteiger partial charge is 0.258 e. The summed E-state index contributed by atoms with van der Waals surface area (Å²) >= 11 is 0. The van der Waals surface area contributed by atoms with Gasteiger partial charge in [-0.15, -0.1) is 0 Å². The van der Waals surface area contributed by atoms with Crippen LogP contribution < -0.4 is 21.1 Å². The summed E-state index contributed by atoms with van der Waals surface area (Å²) < 4.78 is 10.8. The number of hydrogen-bond donors (Lipinski definition) is 3. The van der Waals surface area contributed by atoms with Gasteiger partial charge in [0.15, 0.2) is 6.61 Å². The van der Waals surface area contributed by atoms with E-state index in [-0.39, 0.29) is 30.4 Å². The highest BCUT2D eigenvalue weighted by Gasteiger charge is 2.27. The van der Waals surface area contributed by atoms with Crippen LogP contribution in [-0.4, -0.2) is 43.7 Å². The minimum absolute atomic E-state index is 0.0160. The zero-order chi connectivity index (χ0) is 19.2. The molecule has 0 spiro atoms. The van der Waals surface area contributed by atoms with Crippen LogP contribution in [0.3, 0.4) is 0 Å². The molecule has 2 atom stereocenters. The molecule has 2 aliphatic rings. The van der Waals surface area contributed by atoms with E-state index < -0.39 is 6.04 Å². The summed E-state index contributed by atoms with van der Waals surface area (Å²) in [6.45, 7) is 3.28. The van der Waals surface area contributed by atoms with Gasteiger partial charge in [0.2, 0.25) is 5.91 Å². The summed E-state index contributed by atoms with van der Waals surface area (Å²) in [5.41, 5.74) is 7.08. The van der Waals surface area contributed by atoms with Crippen molar-refractivity contribution in [1.82, 2.24) is 10.6 Å². The van der Waals surface area contributed by atoms with E-state index in [9.17, 15) is 9.59 Å². The van der Waals surface area contributed by atoms with Crippen molar-refractivity contribution in [2.24, 2.45) is 11.7 Å². The average molecular weight is 375 g/mol. The molecule has 1 saturated carbocycles. The Morgan fingerprint density at radius 1 is 1.19 bits per heavy atom. The van der Waals surface area contributed by atoms with E-state index in [1.807, 2.05) is 19.1 Å². The van der Waals surface area contributed by atoms with Crippen molar-refractivity contribution in [3.8, 4) is 5.75 Å². The summed E-state index contributed by atoms with van der Waals surface area (Å²) in [7, 11) is 0. The number of amides is 2. The van der Waals surface area contributed by atoms with Crippen molar-refractivity contribution in [2.45, 2.75) is 50.7 Å². The second-order valence-electron chi connectivity index (χ2n) is 7.41. The van der Waals surface area contributed by atoms with Crippen LogP contribution >= 0.6 is 0 Å². The summed E-state index contributed by atoms with van der Waals surface area (Å²) in [5, 5.41) is 5.86. The Labute approximate surface area is 160 Å². The predicted octanol–water partition coefficient (Wildman–Crippen LogP) is 1.28. The first-order valence-electron chi connectivity index (χ1n) is 9.69. The summed E-state index contributed by atoms with van der Waals surface area (Å²) in [6.07, 6.45) is 3.76. The molecule has 4 N–H and O–H groups in total. The molecule has 1 aromatic carbocycles. The topological polar surface area (TPSA) is 103 Å². The SMILES string of the molecule is CC(NC(=O)C(N)C1CCOCC1)c1ccc(OCC(=O)NC2CC2)cc1. The van der Waals surface area contributed by atoms with Crippen LogP contribution in [0.5, 0.6) is 5.75 Å². The fraction of sp³-hybridized carbons (Fsp3) is 0.600. The van der Waals surface area contributed by atoms with Crippen LogP contribution in [0.15, 0.2) is 24.3 Å². The zero-order valence-electron chi connectivity index (χ0n) is 15.8. The third-order valence-electron chi connectivity index (χ3n) is 5.13. The lowest BCUT2D eigenvalue weighted by Gasteiger charge is -2.28. The maximum atomic E-state index is 12.4. The van der Waals surface area contributed by atoms with Crippen molar-refractivity contribution in [3.63, 3.8) is 0 Å². The summed E-state index contributed by atoms with van der Waals surface area (Å²) in [4.78, 5) is 24.1. The molecule has 148 valence electrons. The molecular weight excluding hydrogens is 346 g/mol. The van der Waals surface area contributed by atoms with E-state index in [1.54, 1.807) is 12.1 Å². The fourth-order valence-electron chi connectivity index (χ4n) is 3.18. The number of carbonyl (C=O) groups is 2. The number of nitrogens with one attached hydrogen (secondary N) is 2. The van der Waals surface area contributed by atoms with Crippen molar-refractivity contribution in [1.29, 1.82) is 0 Å². The Morgan fingerprint density at radius 3 is 2.48 bits per heavy atom. The van der Waals surface area contributed by atoms with Gasteiger partial charge in [0.25, 0.3) is 5.91 Å². The first-order valence-corrected chi connectivity index (χ1v) is 9.69. The molecule has 2 unspecified atom stereocenters. The van der Waals surface area contributed by atoms with E-state index >= 15 is 0 Å². The summed E-state index contributed by atoms with van der Waals surface area (Å²) in [5.74, 6) is 0.571. The third kappa shape index (κ3) is 5.94. The Morgan fingerprint density at radius 2 is 1.85 bits per heavy atom. The molecule has 1 saturated heterocycles. The first-order chi connectivity index (χ1) is 13.0. The number of rotatable bonds is 8. The van der Waals surface area contributed by atoms with E-state index in [0.29, 0.717) is 25.0 Å². The summed E-state index contributed by atoms with van der Waals surface area (Å²) in [6, 6.07) is 7.06. The first kappa shape index (κ1) is 19.6. The van der Waals surface area contributed by atoms with Gasteiger partial charge in [-0.2, -0.15) is 0 Å². The molecule has 7 heteroatoms. The molecule has 0 bridgehead atoms. The molecule has 0 radical (unpaired) electrons. The number of nitrogens with two attached hydrogens (primary N) is 1. The number of benzene rings is 1. The van der Waals surface area contributed by atoms with Gasteiger partial charge in [0.1, 0.15) is 5.75 Å². The molecule has 27 heavy (non-hydrogen) atoms. The third-order valence-corrected chi connectivity index (χ3v) is 5.13.